The van der Waals surface area contributed by atoms with Gasteiger partial charge in [0.1, 0.15) is 17.3 Å². The first-order chi connectivity index (χ1) is 11.9. The highest BCUT2D eigenvalue weighted by Crippen LogP contribution is 2.21. The summed E-state index contributed by atoms with van der Waals surface area (Å²) >= 11 is 0. The molecule has 1 N–H and O–H groups in total. The lowest BCUT2D eigenvalue weighted by Crippen LogP contribution is -2.26. The molecule has 0 radical (unpaired) electrons. The normalized spacial score (nSPS) is 10.9. The van der Waals surface area contributed by atoms with Crippen molar-refractivity contribution in [2.45, 2.75) is 6.42 Å². The van der Waals surface area contributed by atoms with Gasteiger partial charge in [-0.15, -0.1) is 0 Å². The molecular formula is C17H17F2N5O. The molecule has 0 aliphatic heterocycles. The zero-order valence-corrected chi connectivity index (χ0v) is 13.8. The Hall–Kier alpha value is -3.03. The lowest BCUT2D eigenvalue weighted by molar-refractivity contribution is 0.0954. The second-order valence-electron chi connectivity index (χ2n) is 5.75. The van der Waals surface area contributed by atoms with Gasteiger partial charge in [-0.2, -0.15) is 10.2 Å². The topological polar surface area (TPSA) is 64.7 Å². The molecular weight excluding hydrogens is 328 g/mol. The highest BCUT2D eigenvalue weighted by Gasteiger charge is 2.18. The highest BCUT2D eigenvalue weighted by atomic mass is 19.1. The molecule has 3 aromatic rings. The number of amides is 1. The molecule has 2 heterocycles. The maximum Gasteiger partial charge on any atom is 0.255 e. The van der Waals surface area contributed by atoms with Crippen LogP contribution in [0.3, 0.4) is 0 Å². The SMILES string of the molecule is Cn1cc(-c2nn(C)cc2C(=O)NCCc2cc(F)cc(F)c2)cn1. The highest BCUT2D eigenvalue weighted by molar-refractivity contribution is 5.99. The summed E-state index contributed by atoms with van der Waals surface area (Å²) < 4.78 is 29.5. The van der Waals surface area contributed by atoms with Gasteiger partial charge in [0, 0.05) is 44.7 Å². The summed E-state index contributed by atoms with van der Waals surface area (Å²) in [5.41, 5.74) is 2.17. The molecule has 0 fully saturated rings. The largest absolute Gasteiger partial charge is 0.352 e. The van der Waals surface area contributed by atoms with Crippen LogP contribution in [0.15, 0.2) is 36.8 Å². The predicted molar refractivity (Wildman–Crippen MR) is 87.8 cm³/mol. The van der Waals surface area contributed by atoms with Crippen molar-refractivity contribution in [3.63, 3.8) is 0 Å². The van der Waals surface area contributed by atoms with Crippen molar-refractivity contribution in [2.24, 2.45) is 14.1 Å². The lowest BCUT2D eigenvalue weighted by atomic mass is 10.1. The number of hydrogen-bond donors (Lipinski definition) is 1. The number of aryl methyl sites for hydroxylation is 2. The van der Waals surface area contributed by atoms with Crippen LogP contribution >= 0.6 is 0 Å². The smallest absolute Gasteiger partial charge is 0.255 e. The Morgan fingerprint density at radius 3 is 2.48 bits per heavy atom. The third kappa shape index (κ3) is 3.90. The van der Waals surface area contributed by atoms with Crippen molar-refractivity contribution < 1.29 is 13.6 Å². The van der Waals surface area contributed by atoms with Crippen LogP contribution in [0.4, 0.5) is 8.78 Å². The first kappa shape index (κ1) is 16.8. The monoisotopic (exact) mass is 345 g/mol. The van der Waals surface area contributed by atoms with E-state index in [1.165, 1.54) is 12.1 Å². The van der Waals surface area contributed by atoms with Gasteiger partial charge in [-0.25, -0.2) is 8.78 Å². The van der Waals surface area contributed by atoms with Crippen LogP contribution in [0.2, 0.25) is 0 Å². The zero-order chi connectivity index (χ0) is 18.0. The molecule has 0 saturated carbocycles. The standard InChI is InChI=1S/C17H17F2N5O/c1-23-9-12(8-21-23)16-15(10-24(2)22-16)17(25)20-4-3-11-5-13(18)7-14(19)6-11/h5-10H,3-4H2,1-2H3,(H,20,25). The molecule has 0 bridgehead atoms. The zero-order valence-electron chi connectivity index (χ0n) is 13.8. The molecule has 0 aliphatic rings. The van der Waals surface area contributed by atoms with Gasteiger partial charge in [-0.3, -0.25) is 14.2 Å². The maximum absolute atomic E-state index is 13.2. The van der Waals surface area contributed by atoms with E-state index in [0.29, 0.717) is 23.2 Å². The van der Waals surface area contributed by atoms with E-state index < -0.39 is 11.6 Å². The fraction of sp³-hybridized carbons (Fsp3) is 0.235. The minimum atomic E-state index is -0.632. The van der Waals surface area contributed by atoms with E-state index in [0.717, 1.165) is 11.6 Å². The Balaban J connectivity index is 1.69. The average Bonchev–Trinajstić information content (AvgIpc) is 3.12. The fourth-order valence-corrected chi connectivity index (χ4v) is 2.58. The molecule has 0 aliphatic carbocycles. The quantitative estimate of drug-likeness (QED) is 0.770. The third-order valence-electron chi connectivity index (χ3n) is 3.67. The van der Waals surface area contributed by atoms with E-state index in [9.17, 15) is 13.6 Å². The van der Waals surface area contributed by atoms with E-state index in [-0.39, 0.29) is 12.5 Å². The number of carbonyl (C=O) groups excluding carboxylic acids is 1. The van der Waals surface area contributed by atoms with Gasteiger partial charge in [0.05, 0.1) is 11.8 Å². The summed E-state index contributed by atoms with van der Waals surface area (Å²) in [7, 11) is 3.51. The van der Waals surface area contributed by atoms with Crippen molar-refractivity contribution >= 4 is 5.91 Å². The molecule has 6 nitrogen and oxygen atoms in total. The fourth-order valence-electron chi connectivity index (χ4n) is 2.58. The molecule has 8 heteroatoms. The van der Waals surface area contributed by atoms with Crippen LogP contribution in [0.1, 0.15) is 15.9 Å². The Bertz CT molecular complexity index is 895. The van der Waals surface area contributed by atoms with E-state index in [2.05, 4.69) is 15.5 Å². The number of carbonyl (C=O) groups is 1. The van der Waals surface area contributed by atoms with Crippen molar-refractivity contribution in [1.82, 2.24) is 24.9 Å². The first-order valence-corrected chi connectivity index (χ1v) is 7.68. The van der Waals surface area contributed by atoms with Gasteiger partial charge in [0.2, 0.25) is 0 Å². The summed E-state index contributed by atoms with van der Waals surface area (Å²) in [6, 6.07) is 3.32. The van der Waals surface area contributed by atoms with Crippen molar-refractivity contribution in [3.8, 4) is 11.3 Å². The Labute approximate surface area is 143 Å². The molecule has 0 atom stereocenters. The van der Waals surface area contributed by atoms with E-state index in [4.69, 9.17) is 0 Å². The number of benzene rings is 1. The number of nitrogens with zero attached hydrogens (tertiary/aromatic N) is 4. The van der Waals surface area contributed by atoms with Gasteiger partial charge in [0.15, 0.2) is 0 Å². The maximum atomic E-state index is 13.2. The molecule has 3 rings (SSSR count). The van der Waals surface area contributed by atoms with Crippen LogP contribution in [-0.4, -0.2) is 32.0 Å². The minimum Gasteiger partial charge on any atom is -0.352 e. The molecule has 0 unspecified atom stereocenters. The van der Waals surface area contributed by atoms with Gasteiger partial charge < -0.3 is 5.32 Å². The van der Waals surface area contributed by atoms with Crippen LogP contribution in [0.25, 0.3) is 11.3 Å². The molecule has 2 aromatic heterocycles. The summed E-state index contributed by atoms with van der Waals surface area (Å²) in [4.78, 5) is 12.4. The second kappa shape index (κ2) is 6.84. The van der Waals surface area contributed by atoms with Crippen LogP contribution < -0.4 is 5.32 Å². The number of aromatic nitrogens is 4. The summed E-state index contributed by atoms with van der Waals surface area (Å²) in [6.07, 6.45) is 5.35. The molecule has 0 saturated heterocycles. The molecule has 0 spiro atoms. The Morgan fingerprint density at radius 1 is 1.12 bits per heavy atom. The van der Waals surface area contributed by atoms with Crippen molar-refractivity contribution in [2.75, 3.05) is 6.54 Å². The first-order valence-electron chi connectivity index (χ1n) is 7.68. The van der Waals surface area contributed by atoms with E-state index >= 15 is 0 Å². The van der Waals surface area contributed by atoms with Crippen LogP contribution in [0, 0.1) is 11.6 Å². The number of halogens is 2. The molecule has 130 valence electrons. The summed E-state index contributed by atoms with van der Waals surface area (Å²) in [5, 5.41) is 11.1. The summed E-state index contributed by atoms with van der Waals surface area (Å²) in [6.45, 7) is 0.253. The Morgan fingerprint density at radius 2 is 1.84 bits per heavy atom. The predicted octanol–water partition coefficient (Wildman–Crippen LogP) is 2.07. The van der Waals surface area contributed by atoms with E-state index in [1.807, 2.05) is 0 Å². The number of nitrogens with one attached hydrogen (secondary N) is 1. The number of rotatable bonds is 5. The van der Waals surface area contributed by atoms with E-state index in [1.54, 1.807) is 42.0 Å². The minimum absolute atomic E-state index is 0.253. The Kier molecular flexibility index (Phi) is 4.60. The average molecular weight is 345 g/mol. The molecule has 1 aromatic carbocycles. The van der Waals surface area contributed by atoms with Crippen molar-refractivity contribution in [1.29, 1.82) is 0 Å². The van der Waals surface area contributed by atoms with Gasteiger partial charge in [-0.05, 0) is 24.1 Å². The van der Waals surface area contributed by atoms with Crippen molar-refractivity contribution in [3.05, 3.63) is 59.6 Å². The number of hydrogen-bond acceptors (Lipinski definition) is 3. The van der Waals surface area contributed by atoms with Gasteiger partial charge in [0.25, 0.3) is 5.91 Å². The third-order valence-corrected chi connectivity index (χ3v) is 3.67. The summed E-state index contributed by atoms with van der Waals surface area (Å²) in [5.74, 6) is -1.57. The van der Waals surface area contributed by atoms with Gasteiger partial charge in [-0.1, -0.05) is 0 Å². The molecule has 25 heavy (non-hydrogen) atoms. The van der Waals surface area contributed by atoms with Crippen LogP contribution in [0.5, 0.6) is 0 Å². The lowest BCUT2D eigenvalue weighted by Gasteiger charge is -2.05. The van der Waals surface area contributed by atoms with Gasteiger partial charge >= 0.3 is 0 Å². The second-order valence-corrected chi connectivity index (χ2v) is 5.75. The van der Waals surface area contributed by atoms with Crippen LogP contribution in [-0.2, 0) is 20.5 Å². The molecule has 1 amide bonds.